The fraction of sp³-hybridized carbons (Fsp3) is 0.688. The van der Waals surface area contributed by atoms with Gasteiger partial charge in [-0.1, -0.05) is 0 Å². The number of aliphatic hydroxyl groups is 2. The Hall–Kier alpha value is -1.26. The maximum Gasteiger partial charge on any atom is 0.698 e. The third kappa shape index (κ3) is 4.28. The number of nitrogens with zero attached hydrogens (tertiary/aromatic N) is 4. The summed E-state index contributed by atoms with van der Waals surface area (Å²) in [6, 6.07) is 0. The summed E-state index contributed by atoms with van der Waals surface area (Å²) in [7, 11) is -2.81. The van der Waals surface area contributed by atoms with Gasteiger partial charge < -0.3 is 34.8 Å². The second kappa shape index (κ2) is 8.69. The van der Waals surface area contributed by atoms with Crippen LogP contribution >= 0.6 is 15.0 Å². The fourth-order valence-electron chi connectivity index (χ4n) is 4.09. The van der Waals surface area contributed by atoms with Crippen LogP contribution in [-0.2, 0) is 49.7 Å². The third-order valence-electron chi connectivity index (χ3n) is 5.81. The molecule has 4 unspecified atom stereocenters. The first-order valence-electron chi connectivity index (χ1n) is 10.0. The van der Waals surface area contributed by atoms with Crippen LogP contribution in [0, 0.1) is 0 Å². The van der Waals surface area contributed by atoms with Crippen LogP contribution in [0.5, 0.6) is 0 Å². The van der Waals surface area contributed by atoms with Crippen molar-refractivity contribution in [3.05, 3.63) is 12.7 Å². The van der Waals surface area contributed by atoms with Gasteiger partial charge in [-0.15, -0.1) is 9.05 Å². The van der Waals surface area contributed by atoms with Gasteiger partial charge >= 0.3 is 15.0 Å². The lowest BCUT2D eigenvalue weighted by atomic mass is 10.00. The normalized spacial score (nSPS) is 42.6. The SMILES string of the molecule is C[C@]1(O)CO[C@@H]2CO[P+](=O)OC3[C@@H](COP(O)(=S)O[C@@H]21)OCC3(O)n1cnc2c(N)ncnc21. The number of aromatic nitrogens is 4. The molecule has 5 rings (SSSR count). The highest BCUT2D eigenvalue weighted by molar-refractivity contribution is 8.07. The van der Waals surface area contributed by atoms with Crippen molar-refractivity contribution in [3.63, 3.8) is 0 Å². The molecule has 34 heavy (non-hydrogen) atoms. The van der Waals surface area contributed by atoms with Gasteiger partial charge in [0.05, 0.1) is 26.1 Å². The second-order valence-corrected chi connectivity index (χ2v) is 12.0. The molecule has 3 aliphatic rings. The van der Waals surface area contributed by atoms with Crippen molar-refractivity contribution in [1.29, 1.82) is 0 Å². The number of ether oxygens (including phenoxy) is 2. The van der Waals surface area contributed by atoms with E-state index in [1.807, 2.05) is 0 Å². The molecular formula is C16H22N5O10P2S+. The number of hydrogen-bond donors (Lipinski definition) is 4. The van der Waals surface area contributed by atoms with Crippen molar-refractivity contribution >= 4 is 43.8 Å². The first kappa shape index (κ1) is 24.4. The van der Waals surface area contributed by atoms with Gasteiger partial charge in [-0.3, -0.25) is 9.09 Å². The summed E-state index contributed by atoms with van der Waals surface area (Å²) in [6.07, 6.45) is -1.94. The van der Waals surface area contributed by atoms with Gasteiger partial charge in [-0.25, -0.2) is 15.0 Å². The number of hydrogen-bond acceptors (Lipinski definition) is 14. The summed E-state index contributed by atoms with van der Waals surface area (Å²) < 4.78 is 47.0. The monoisotopic (exact) mass is 538 g/mol. The highest BCUT2D eigenvalue weighted by atomic mass is 32.5. The summed E-state index contributed by atoms with van der Waals surface area (Å²) in [6.45, 7) is -3.66. The molecule has 15 nitrogen and oxygen atoms in total. The molecule has 5 N–H and O–H groups in total. The fourth-order valence-corrected chi connectivity index (χ4v) is 6.42. The second-order valence-electron chi connectivity index (χ2n) is 8.32. The molecule has 8 atom stereocenters. The van der Waals surface area contributed by atoms with Gasteiger partial charge in [0.15, 0.2) is 17.6 Å². The molecule has 0 bridgehead atoms. The van der Waals surface area contributed by atoms with E-state index >= 15 is 0 Å². The number of nitrogens with two attached hydrogens (primary N) is 1. The van der Waals surface area contributed by atoms with Gasteiger partial charge in [-0.2, -0.15) is 0 Å². The van der Waals surface area contributed by atoms with Gasteiger partial charge in [-0.05, 0) is 18.7 Å². The Kier molecular flexibility index (Phi) is 6.25. The summed E-state index contributed by atoms with van der Waals surface area (Å²) >= 11 is 5.10. The molecule has 0 aliphatic carbocycles. The van der Waals surface area contributed by atoms with E-state index in [0.717, 1.165) is 0 Å². The van der Waals surface area contributed by atoms with E-state index in [9.17, 15) is 19.7 Å². The molecule has 2 aromatic heterocycles. The Morgan fingerprint density at radius 3 is 2.74 bits per heavy atom. The van der Waals surface area contributed by atoms with Crippen molar-refractivity contribution in [3.8, 4) is 0 Å². The standard InChI is InChI=1S/C16H21N5O10P2S/c1-15(22)4-26-8-2-28-32(24)30-12-9(3-29-33(25,34)31-11(8)15)27-5-16(12,23)21-7-20-10-13(17)18-6-19-14(10)21/h6-9,11-12,22-23H,2-5H2,1H3,(H2-,17,18,19,25,34)/p+1/t8-,9-,11+,12?,15+,16?,33?/m1/s1. The van der Waals surface area contributed by atoms with Gasteiger partial charge in [0.1, 0.15) is 42.4 Å². The van der Waals surface area contributed by atoms with Crippen LogP contribution in [-0.4, -0.2) is 91.1 Å². The Balaban J connectivity index is 1.47. The van der Waals surface area contributed by atoms with Crippen LogP contribution < -0.4 is 5.73 Å². The quantitative estimate of drug-likeness (QED) is 0.331. The van der Waals surface area contributed by atoms with Crippen molar-refractivity contribution in [2.75, 3.05) is 32.2 Å². The predicted molar refractivity (Wildman–Crippen MR) is 116 cm³/mol. The minimum absolute atomic E-state index is 0.0975. The maximum atomic E-state index is 12.7. The summed E-state index contributed by atoms with van der Waals surface area (Å²) in [5.74, 6) is 0.0975. The predicted octanol–water partition coefficient (Wildman–Crippen LogP) is -0.706. The molecule has 0 radical (unpaired) electrons. The largest absolute Gasteiger partial charge is 0.698 e. The van der Waals surface area contributed by atoms with Gasteiger partial charge in [0, 0.05) is 4.57 Å². The van der Waals surface area contributed by atoms with Crippen LogP contribution in [0.3, 0.4) is 0 Å². The number of anilines is 1. The van der Waals surface area contributed by atoms with Crippen molar-refractivity contribution in [2.45, 2.75) is 42.7 Å². The lowest BCUT2D eigenvalue weighted by molar-refractivity contribution is -0.103. The van der Waals surface area contributed by atoms with E-state index in [2.05, 4.69) is 15.0 Å². The average molecular weight is 538 g/mol. The van der Waals surface area contributed by atoms with Crippen molar-refractivity contribution in [2.24, 2.45) is 0 Å². The molecule has 0 amide bonds. The zero-order valence-corrected chi connectivity index (χ0v) is 20.3. The van der Waals surface area contributed by atoms with E-state index in [4.69, 9.17) is 45.1 Å². The summed E-state index contributed by atoms with van der Waals surface area (Å²) in [5.41, 5.74) is 2.80. The van der Waals surface area contributed by atoms with Gasteiger partial charge in [0.2, 0.25) is 5.72 Å². The van der Waals surface area contributed by atoms with Crippen LogP contribution in [0.2, 0.25) is 0 Å². The van der Waals surface area contributed by atoms with Crippen LogP contribution in [0.15, 0.2) is 12.7 Å². The zero-order chi connectivity index (χ0) is 24.3. The van der Waals surface area contributed by atoms with E-state index in [0.29, 0.717) is 0 Å². The number of imidazole rings is 1. The Labute approximate surface area is 198 Å². The molecule has 186 valence electrons. The number of nitrogen functional groups attached to an aromatic ring is 1. The van der Waals surface area contributed by atoms with Crippen molar-refractivity contribution < 1.29 is 47.2 Å². The third-order valence-corrected chi connectivity index (χ3v) is 8.12. The number of rotatable bonds is 1. The Bertz CT molecular complexity index is 1170. The molecule has 0 saturated carbocycles. The highest BCUT2D eigenvalue weighted by Crippen LogP contribution is 2.51. The molecule has 2 aromatic rings. The molecule has 0 spiro atoms. The van der Waals surface area contributed by atoms with Crippen LogP contribution in [0.1, 0.15) is 6.92 Å². The first-order chi connectivity index (χ1) is 16.0. The van der Waals surface area contributed by atoms with E-state index < -0.39 is 57.3 Å². The van der Waals surface area contributed by atoms with E-state index in [1.54, 1.807) is 0 Å². The average Bonchev–Trinajstić information content (AvgIpc) is 3.41. The number of fused-ring (bicyclic) bond motifs is 3. The summed E-state index contributed by atoms with van der Waals surface area (Å²) in [5, 5.41) is 22.1. The minimum atomic E-state index is -3.91. The minimum Gasteiger partial charge on any atom is -0.385 e. The highest BCUT2D eigenvalue weighted by Gasteiger charge is 2.58. The molecule has 3 saturated heterocycles. The Morgan fingerprint density at radius 2 is 1.94 bits per heavy atom. The van der Waals surface area contributed by atoms with Crippen molar-refractivity contribution in [1.82, 2.24) is 19.5 Å². The van der Waals surface area contributed by atoms with Crippen LogP contribution in [0.4, 0.5) is 5.82 Å². The zero-order valence-electron chi connectivity index (χ0n) is 17.7. The lowest BCUT2D eigenvalue weighted by Crippen LogP contribution is -2.48. The first-order valence-corrected chi connectivity index (χ1v) is 13.7. The lowest BCUT2D eigenvalue weighted by Gasteiger charge is -2.31. The smallest absolute Gasteiger partial charge is 0.385 e. The Morgan fingerprint density at radius 1 is 1.21 bits per heavy atom. The molecule has 5 heterocycles. The van der Waals surface area contributed by atoms with Gasteiger partial charge in [0.25, 0.3) is 0 Å². The van der Waals surface area contributed by atoms with E-state index in [1.165, 1.54) is 24.1 Å². The maximum absolute atomic E-state index is 12.7. The van der Waals surface area contributed by atoms with Crippen LogP contribution in [0.25, 0.3) is 11.2 Å². The molecule has 0 aromatic carbocycles. The summed E-state index contributed by atoms with van der Waals surface area (Å²) in [4.78, 5) is 22.7. The topological polar surface area (TPSA) is 203 Å². The molecule has 3 fully saturated rings. The molecule has 18 heteroatoms. The molecule has 3 aliphatic heterocycles. The molecular weight excluding hydrogens is 516 g/mol. The van der Waals surface area contributed by atoms with E-state index in [-0.39, 0.29) is 36.8 Å².